The molecule has 0 amide bonds. The normalized spacial score (nSPS) is 48.0. The minimum absolute atomic E-state index is 0.147. The Hall–Kier alpha value is -0.0800. The van der Waals surface area contributed by atoms with Crippen LogP contribution in [0.25, 0.3) is 0 Å². The molecule has 2 heteroatoms. The SMILES string of the molecule is C1CC2CCCC3(CCCC(C1)O3)O2. The molecule has 3 heterocycles. The van der Waals surface area contributed by atoms with E-state index in [2.05, 4.69) is 0 Å². The van der Waals surface area contributed by atoms with Crippen LogP contribution in [0.15, 0.2) is 0 Å². The van der Waals surface area contributed by atoms with Crippen LogP contribution in [0.1, 0.15) is 57.8 Å². The maximum absolute atomic E-state index is 6.16. The van der Waals surface area contributed by atoms with Gasteiger partial charge >= 0.3 is 0 Å². The first kappa shape index (κ1) is 9.17. The predicted molar refractivity (Wildman–Crippen MR) is 54.0 cm³/mol. The lowest BCUT2D eigenvalue weighted by Gasteiger charge is -2.47. The van der Waals surface area contributed by atoms with Gasteiger partial charge in [0.2, 0.25) is 0 Å². The fourth-order valence-electron chi connectivity index (χ4n) is 3.29. The Morgan fingerprint density at radius 1 is 0.714 bits per heavy atom. The van der Waals surface area contributed by atoms with E-state index in [-0.39, 0.29) is 5.79 Å². The van der Waals surface area contributed by atoms with Crippen LogP contribution < -0.4 is 0 Å². The lowest BCUT2D eigenvalue weighted by molar-refractivity contribution is -0.322. The van der Waals surface area contributed by atoms with Crippen molar-refractivity contribution in [2.75, 3.05) is 0 Å². The third-order valence-corrected chi connectivity index (χ3v) is 3.98. The second-order valence-electron chi connectivity index (χ2n) is 5.11. The second-order valence-corrected chi connectivity index (χ2v) is 5.11. The average molecular weight is 196 g/mol. The summed E-state index contributed by atoms with van der Waals surface area (Å²) in [5.74, 6) is -0.147. The molecule has 0 aromatic heterocycles. The summed E-state index contributed by atoms with van der Waals surface area (Å²) >= 11 is 0. The molecule has 3 bridgehead atoms. The second kappa shape index (κ2) is 3.49. The smallest absolute Gasteiger partial charge is 0.169 e. The number of rotatable bonds is 0. The summed E-state index contributed by atoms with van der Waals surface area (Å²) in [7, 11) is 0. The molecule has 3 fully saturated rings. The molecule has 0 N–H and O–H groups in total. The highest BCUT2D eigenvalue weighted by Crippen LogP contribution is 2.42. The number of hydrogen-bond acceptors (Lipinski definition) is 2. The van der Waals surface area contributed by atoms with Gasteiger partial charge in [0.25, 0.3) is 0 Å². The third kappa shape index (κ3) is 1.59. The van der Waals surface area contributed by atoms with E-state index < -0.39 is 0 Å². The molecule has 80 valence electrons. The van der Waals surface area contributed by atoms with Crippen LogP contribution in [0.4, 0.5) is 0 Å². The van der Waals surface area contributed by atoms with Gasteiger partial charge in [-0.3, -0.25) is 0 Å². The molecule has 2 atom stereocenters. The minimum Gasteiger partial charge on any atom is -0.347 e. The molecule has 0 saturated carbocycles. The first-order valence-electron chi connectivity index (χ1n) is 6.22. The lowest BCUT2D eigenvalue weighted by atomic mass is 9.88. The van der Waals surface area contributed by atoms with E-state index in [4.69, 9.17) is 9.47 Å². The maximum Gasteiger partial charge on any atom is 0.169 e. The molecular formula is C12H20O2. The molecule has 3 saturated heterocycles. The van der Waals surface area contributed by atoms with Crippen LogP contribution in [-0.2, 0) is 9.47 Å². The molecule has 14 heavy (non-hydrogen) atoms. The summed E-state index contributed by atoms with van der Waals surface area (Å²) in [6, 6.07) is 0. The first-order chi connectivity index (χ1) is 6.86. The molecule has 0 aromatic rings. The van der Waals surface area contributed by atoms with E-state index in [1.54, 1.807) is 0 Å². The topological polar surface area (TPSA) is 18.5 Å². The fourth-order valence-corrected chi connectivity index (χ4v) is 3.29. The Balaban J connectivity index is 1.81. The summed E-state index contributed by atoms with van der Waals surface area (Å²) < 4.78 is 12.3. The zero-order valence-electron chi connectivity index (χ0n) is 8.84. The van der Waals surface area contributed by atoms with Gasteiger partial charge in [-0.2, -0.15) is 0 Å². The van der Waals surface area contributed by atoms with Gasteiger partial charge in [-0.25, -0.2) is 0 Å². The predicted octanol–water partition coefficient (Wildman–Crippen LogP) is 3.00. The van der Waals surface area contributed by atoms with Gasteiger partial charge in [0, 0.05) is 12.8 Å². The van der Waals surface area contributed by atoms with Crippen LogP contribution in [0.3, 0.4) is 0 Å². The molecular weight excluding hydrogens is 176 g/mol. The van der Waals surface area contributed by atoms with E-state index in [1.807, 2.05) is 0 Å². The highest BCUT2D eigenvalue weighted by atomic mass is 16.7. The third-order valence-electron chi connectivity index (χ3n) is 3.98. The molecule has 2 nitrogen and oxygen atoms in total. The van der Waals surface area contributed by atoms with Crippen molar-refractivity contribution in [2.24, 2.45) is 0 Å². The van der Waals surface area contributed by atoms with Crippen molar-refractivity contribution < 1.29 is 9.47 Å². The van der Waals surface area contributed by atoms with Crippen molar-refractivity contribution in [2.45, 2.75) is 75.8 Å². The van der Waals surface area contributed by atoms with Crippen molar-refractivity contribution in [3.63, 3.8) is 0 Å². The van der Waals surface area contributed by atoms with E-state index in [0.29, 0.717) is 12.2 Å². The van der Waals surface area contributed by atoms with Crippen molar-refractivity contribution in [3.05, 3.63) is 0 Å². The van der Waals surface area contributed by atoms with E-state index in [9.17, 15) is 0 Å². The maximum atomic E-state index is 6.16. The zero-order chi connectivity index (χ0) is 9.43. The molecule has 3 aliphatic rings. The van der Waals surface area contributed by atoms with Crippen molar-refractivity contribution in [1.29, 1.82) is 0 Å². The van der Waals surface area contributed by atoms with Gasteiger partial charge in [0.1, 0.15) is 0 Å². The van der Waals surface area contributed by atoms with Gasteiger partial charge in [0.15, 0.2) is 5.79 Å². The van der Waals surface area contributed by atoms with E-state index in [0.717, 1.165) is 12.8 Å². The molecule has 1 spiro atoms. The molecule has 3 aliphatic heterocycles. The Kier molecular flexibility index (Phi) is 2.29. The Labute approximate surface area is 86.0 Å². The summed E-state index contributed by atoms with van der Waals surface area (Å²) in [6.45, 7) is 0. The van der Waals surface area contributed by atoms with Gasteiger partial charge in [-0.15, -0.1) is 0 Å². The fraction of sp³-hybridized carbons (Fsp3) is 1.00. The molecule has 3 rings (SSSR count). The molecule has 0 aromatic carbocycles. The minimum atomic E-state index is -0.147. The van der Waals surface area contributed by atoms with Crippen LogP contribution in [0, 0.1) is 0 Å². The van der Waals surface area contributed by atoms with Gasteiger partial charge in [-0.1, -0.05) is 0 Å². The van der Waals surface area contributed by atoms with E-state index in [1.165, 1.54) is 44.9 Å². The molecule has 0 aliphatic carbocycles. The molecule has 0 radical (unpaired) electrons. The standard InChI is InChI=1S/C12H20O2/c1-4-10-6-2-8-12(13-10)9-3-7-11(5-1)14-12/h10-11H,1-9H2. The molecule has 2 unspecified atom stereocenters. The monoisotopic (exact) mass is 196 g/mol. The Bertz CT molecular complexity index is 192. The quantitative estimate of drug-likeness (QED) is 0.593. The number of fused-ring (bicyclic) bond motifs is 2. The van der Waals surface area contributed by atoms with Crippen molar-refractivity contribution in [3.8, 4) is 0 Å². The lowest BCUT2D eigenvalue weighted by Crippen LogP contribution is -2.49. The van der Waals surface area contributed by atoms with Crippen molar-refractivity contribution >= 4 is 0 Å². The highest BCUT2D eigenvalue weighted by molar-refractivity contribution is 4.85. The largest absolute Gasteiger partial charge is 0.347 e. The van der Waals surface area contributed by atoms with E-state index >= 15 is 0 Å². The van der Waals surface area contributed by atoms with Crippen LogP contribution in [0.2, 0.25) is 0 Å². The van der Waals surface area contributed by atoms with Gasteiger partial charge in [-0.05, 0) is 44.9 Å². The van der Waals surface area contributed by atoms with Crippen LogP contribution in [-0.4, -0.2) is 18.0 Å². The zero-order valence-corrected chi connectivity index (χ0v) is 8.84. The highest BCUT2D eigenvalue weighted by Gasteiger charge is 2.43. The number of ether oxygens (including phenoxy) is 2. The van der Waals surface area contributed by atoms with Crippen LogP contribution >= 0.6 is 0 Å². The Morgan fingerprint density at radius 2 is 1.21 bits per heavy atom. The summed E-state index contributed by atoms with van der Waals surface area (Å²) in [5.41, 5.74) is 0. The van der Waals surface area contributed by atoms with Crippen LogP contribution in [0.5, 0.6) is 0 Å². The Morgan fingerprint density at radius 3 is 1.79 bits per heavy atom. The summed E-state index contributed by atoms with van der Waals surface area (Å²) in [4.78, 5) is 0. The summed E-state index contributed by atoms with van der Waals surface area (Å²) in [5, 5.41) is 0. The van der Waals surface area contributed by atoms with Crippen molar-refractivity contribution in [1.82, 2.24) is 0 Å². The summed E-state index contributed by atoms with van der Waals surface area (Å²) in [6.07, 6.45) is 12.2. The average Bonchev–Trinajstić information content (AvgIpc) is 2.17. The number of hydrogen-bond donors (Lipinski definition) is 0. The van der Waals surface area contributed by atoms with Gasteiger partial charge in [0.05, 0.1) is 12.2 Å². The first-order valence-corrected chi connectivity index (χ1v) is 6.22. The van der Waals surface area contributed by atoms with Gasteiger partial charge < -0.3 is 9.47 Å².